The standard InChI is InChI=1S/C15H28N2O3S/c1-15(2,3)12-9-11(10-12)14(18)17-7-5-13(6-8-17)21(19,20)16-4/h11-13,16H,5-10H2,1-4H3. The molecule has 1 saturated heterocycles. The zero-order valence-electron chi connectivity index (χ0n) is 13.6. The molecule has 2 aliphatic rings. The fraction of sp³-hybridized carbons (Fsp3) is 0.933. The van der Waals surface area contributed by atoms with Crippen molar-refractivity contribution in [3.8, 4) is 0 Å². The fourth-order valence-electron chi connectivity index (χ4n) is 3.34. The summed E-state index contributed by atoms with van der Waals surface area (Å²) in [6.45, 7) is 7.83. The lowest BCUT2D eigenvalue weighted by Gasteiger charge is -2.45. The number of carbonyl (C=O) groups excluding carboxylic acids is 1. The highest BCUT2D eigenvalue weighted by atomic mass is 32.2. The first-order valence-electron chi connectivity index (χ1n) is 7.86. The van der Waals surface area contributed by atoms with Crippen LogP contribution in [0.2, 0.25) is 0 Å². The number of sulfonamides is 1. The molecule has 0 aromatic rings. The fourth-order valence-corrected chi connectivity index (χ4v) is 4.50. The van der Waals surface area contributed by atoms with Crippen molar-refractivity contribution in [2.75, 3.05) is 20.1 Å². The van der Waals surface area contributed by atoms with Crippen LogP contribution in [-0.4, -0.2) is 44.6 Å². The topological polar surface area (TPSA) is 66.5 Å². The van der Waals surface area contributed by atoms with E-state index in [0.29, 0.717) is 31.8 Å². The van der Waals surface area contributed by atoms with Crippen LogP contribution >= 0.6 is 0 Å². The minimum atomic E-state index is -3.20. The van der Waals surface area contributed by atoms with Gasteiger partial charge in [0.25, 0.3) is 0 Å². The molecule has 0 atom stereocenters. The van der Waals surface area contributed by atoms with Crippen molar-refractivity contribution in [2.24, 2.45) is 17.3 Å². The van der Waals surface area contributed by atoms with E-state index in [2.05, 4.69) is 25.5 Å². The summed E-state index contributed by atoms with van der Waals surface area (Å²) >= 11 is 0. The van der Waals surface area contributed by atoms with Gasteiger partial charge in [0, 0.05) is 19.0 Å². The van der Waals surface area contributed by atoms with Crippen LogP contribution in [0.4, 0.5) is 0 Å². The van der Waals surface area contributed by atoms with Gasteiger partial charge < -0.3 is 4.90 Å². The molecule has 1 aliphatic carbocycles. The van der Waals surface area contributed by atoms with Gasteiger partial charge in [-0.1, -0.05) is 20.8 Å². The lowest BCUT2D eigenvalue weighted by molar-refractivity contribution is -0.142. The Morgan fingerprint density at radius 3 is 2.10 bits per heavy atom. The molecule has 1 saturated carbocycles. The zero-order valence-corrected chi connectivity index (χ0v) is 14.4. The van der Waals surface area contributed by atoms with Gasteiger partial charge in [0.05, 0.1) is 5.25 Å². The number of piperidine rings is 1. The van der Waals surface area contributed by atoms with Gasteiger partial charge in [-0.15, -0.1) is 0 Å². The molecule has 5 nitrogen and oxygen atoms in total. The first-order valence-corrected chi connectivity index (χ1v) is 9.41. The maximum atomic E-state index is 12.4. The number of hydrogen-bond acceptors (Lipinski definition) is 3. The highest BCUT2D eigenvalue weighted by Gasteiger charge is 2.43. The number of likely N-dealkylation sites (tertiary alicyclic amines) is 1. The van der Waals surface area contributed by atoms with Crippen molar-refractivity contribution in [1.29, 1.82) is 0 Å². The molecule has 2 fully saturated rings. The lowest BCUT2D eigenvalue weighted by Crippen LogP contribution is -2.49. The number of nitrogens with one attached hydrogen (secondary N) is 1. The quantitative estimate of drug-likeness (QED) is 0.860. The second-order valence-electron chi connectivity index (χ2n) is 7.51. The summed E-state index contributed by atoms with van der Waals surface area (Å²) < 4.78 is 25.9. The maximum Gasteiger partial charge on any atom is 0.225 e. The smallest absolute Gasteiger partial charge is 0.225 e. The van der Waals surface area contributed by atoms with Gasteiger partial charge in [-0.2, -0.15) is 0 Å². The number of carbonyl (C=O) groups is 1. The summed E-state index contributed by atoms with van der Waals surface area (Å²) in [7, 11) is -1.75. The maximum absolute atomic E-state index is 12.4. The van der Waals surface area contributed by atoms with Crippen LogP contribution in [-0.2, 0) is 14.8 Å². The van der Waals surface area contributed by atoms with Gasteiger partial charge in [0.2, 0.25) is 15.9 Å². The third-order valence-electron chi connectivity index (χ3n) is 5.19. The Balaban J connectivity index is 1.83. The predicted octanol–water partition coefficient (Wildman–Crippen LogP) is 1.60. The van der Waals surface area contributed by atoms with Gasteiger partial charge in [-0.25, -0.2) is 13.1 Å². The Kier molecular flexibility index (Phi) is 4.69. The van der Waals surface area contributed by atoms with Crippen molar-refractivity contribution in [3.05, 3.63) is 0 Å². The lowest BCUT2D eigenvalue weighted by atomic mass is 9.62. The van der Waals surface area contributed by atoms with Gasteiger partial charge in [-0.05, 0) is 44.1 Å². The van der Waals surface area contributed by atoms with E-state index in [1.54, 1.807) is 0 Å². The molecule has 0 aromatic carbocycles. The predicted molar refractivity (Wildman–Crippen MR) is 83.3 cm³/mol. The second kappa shape index (κ2) is 5.88. The van der Waals surface area contributed by atoms with E-state index >= 15 is 0 Å². The van der Waals surface area contributed by atoms with Gasteiger partial charge in [-0.3, -0.25) is 4.79 Å². The molecule has 0 radical (unpaired) electrons. The van der Waals surface area contributed by atoms with Crippen molar-refractivity contribution >= 4 is 15.9 Å². The number of nitrogens with zero attached hydrogens (tertiary/aromatic N) is 1. The van der Waals surface area contributed by atoms with Crippen LogP contribution in [0.1, 0.15) is 46.5 Å². The Labute approximate surface area is 128 Å². The van der Waals surface area contributed by atoms with Crippen LogP contribution in [0.25, 0.3) is 0 Å². The molecule has 6 heteroatoms. The summed E-state index contributed by atoms with van der Waals surface area (Å²) in [6, 6.07) is 0. The summed E-state index contributed by atoms with van der Waals surface area (Å²) in [6.07, 6.45) is 3.06. The van der Waals surface area contributed by atoms with E-state index in [9.17, 15) is 13.2 Å². The van der Waals surface area contributed by atoms with E-state index in [1.165, 1.54) is 7.05 Å². The summed E-state index contributed by atoms with van der Waals surface area (Å²) in [5, 5.41) is -0.352. The molecule has 1 heterocycles. The molecule has 122 valence electrons. The molecular formula is C15H28N2O3S. The molecule has 1 N–H and O–H groups in total. The highest BCUT2D eigenvalue weighted by molar-refractivity contribution is 7.90. The Morgan fingerprint density at radius 1 is 1.14 bits per heavy atom. The number of rotatable bonds is 3. The number of hydrogen-bond donors (Lipinski definition) is 1. The molecule has 2 rings (SSSR count). The summed E-state index contributed by atoms with van der Waals surface area (Å²) in [5.74, 6) is 1.02. The van der Waals surface area contributed by atoms with E-state index in [1.807, 2.05) is 4.90 Å². The molecule has 1 amide bonds. The van der Waals surface area contributed by atoms with Crippen LogP contribution in [0.5, 0.6) is 0 Å². The Hall–Kier alpha value is -0.620. The monoisotopic (exact) mass is 316 g/mol. The van der Waals surface area contributed by atoms with Crippen LogP contribution in [0, 0.1) is 17.3 Å². The Bertz CT molecular complexity index is 482. The first kappa shape index (κ1) is 16.7. The molecule has 0 aromatic heterocycles. The Morgan fingerprint density at radius 2 is 1.67 bits per heavy atom. The van der Waals surface area contributed by atoms with E-state index in [4.69, 9.17) is 0 Å². The highest BCUT2D eigenvalue weighted by Crippen LogP contribution is 2.46. The first-order chi connectivity index (χ1) is 9.65. The molecule has 0 bridgehead atoms. The minimum absolute atomic E-state index is 0.159. The van der Waals surface area contributed by atoms with Crippen LogP contribution < -0.4 is 4.72 Å². The van der Waals surface area contributed by atoms with Crippen LogP contribution in [0.15, 0.2) is 0 Å². The average Bonchev–Trinajstić information content (AvgIpc) is 2.35. The SMILES string of the molecule is CNS(=O)(=O)C1CCN(C(=O)C2CC(C(C)(C)C)C2)CC1. The minimum Gasteiger partial charge on any atom is -0.342 e. The second-order valence-corrected chi connectivity index (χ2v) is 9.67. The normalized spacial score (nSPS) is 28.3. The largest absolute Gasteiger partial charge is 0.342 e. The summed E-state index contributed by atoms with van der Waals surface area (Å²) in [5.41, 5.74) is 0.282. The third kappa shape index (κ3) is 3.59. The van der Waals surface area contributed by atoms with Crippen LogP contribution in [0.3, 0.4) is 0 Å². The van der Waals surface area contributed by atoms with Gasteiger partial charge >= 0.3 is 0 Å². The molecule has 21 heavy (non-hydrogen) atoms. The molecule has 0 unspecified atom stereocenters. The number of amides is 1. The van der Waals surface area contributed by atoms with E-state index in [0.717, 1.165) is 12.8 Å². The molecule has 0 spiro atoms. The average molecular weight is 316 g/mol. The van der Waals surface area contributed by atoms with Gasteiger partial charge in [0.15, 0.2) is 0 Å². The summed E-state index contributed by atoms with van der Waals surface area (Å²) in [4.78, 5) is 14.3. The van der Waals surface area contributed by atoms with Crippen molar-refractivity contribution in [2.45, 2.75) is 51.7 Å². The molecular weight excluding hydrogens is 288 g/mol. The zero-order chi connectivity index (χ0) is 15.8. The van der Waals surface area contributed by atoms with Crippen molar-refractivity contribution in [3.63, 3.8) is 0 Å². The van der Waals surface area contributed by atoms with E-state index in [-0.39, 0.29) is 22.5 Å². The molecule has 1 aliphatic heterocycles. The van der Waals surface area contributed by atoms with E-state index < -0.39 is 10.0 Å². The van der Waals surface area contributed by atoms with Gasteiger partial charge in [0.1, 0.15) is 0 Å². The van der Waals surface area contributed by atoms with Crippen molar-refractivity contribution in [1.82, 2.24) is 9.62 Å². The third-order valence-corrected chi connectivity index (χ3v) is 7.11. The van der Waals surface area contributed by atoms with Crippen molar-refractivity contribution < 1.29 is 13.2 Å².